The summed E-state index contributed by atoms with van der Waals surface area (Å²) in [6, 6.07) is 11.5. The van der Waals surface area contributed by atoms with Crippen molar-refractivity contribution in [3.63, 3.8) is 0 Å². The van der Waals surface area contributed by atoms with Crippen LogP contribution in [0.2, 0.25) is 0 Å². The zero-order valence-electron chi connectivity index (χ0n) is 13.5. The van der Waals surface area contributed by atoms with Crippen LogP contribution in [-0.4, -0.2) is 28.3 Å². The van der Waals surface area contributed by atoms with Crippen molar-refractivity contribution in [3.05, 3.63) is 65.5 Å². The third-order valence-electron chi connectivity index (χ3n) is 3.57. The van der Waals surface area contributed by atoms with E-state index in [1.807, 2.05) is 19.9 Å². The maximum absolute atomic E-state index is 13.3. The third-order valence-corrected chi connectivity index (χ3v) is 3.57. The molecule has 0 aliphatic carbocycles. The summed E-state index contributed by atoms with van der Waals surface area (Å²) in [5.41, 5.74) is 1.75. The van der Waals surface area contributed by atoms with Crippen molar-refractivity contribution >= 4 is 11.6 Å². The van der Waals surface area contributed by atoms with Crippen LogP contribution >= 0.6 is 0 Å². The summed E-state index contributed by atoms with van der Waals surface area (Å²) in [5.74, 6) is -0.592. The van der Waals surface area contributed by atoms with E-state index in [-0.39, 0.29) is 17.8 Å². The molecule has 5 nitrogen and oxygen atoms in total. The minimum absolute atomic E-state index is 0.0649. The molecule has 0 saturated carbocycles. The second kappa shape index (κ2) is 6.78. The first-order valence-corrected chi connectivity index (χ1v) is 7.79. The Balaban J connectivity index is 1.82. The summed E-state index contributed by atoms with van der Waals surface area (Å²) in [6.45, 7) is 3.89. The van der Waals surface area contributed by atoms with E-state index >= 15 is 0 Å². The molecule has 124 valence electrons. The van der Waals surface area contributed by atoms with Gasteiger partial charge in [0.05, 0.1) is 5.71 Å². The smallest absolute Gasteiger partial charge is 0.276 e. The molecule has 1 aliphatic rings. The Morgan fingerprint density at radius 3 is 2.92 bits per heavy atom. The third kappa shape index (κ3) is 3.42. The predicted molar refractivity (Wildman–Crippen MR) is 88.2 cm³/mol. The van der Waals surface area contributed by atoms with Gasteiger partial charge in [-0.05, 0) is 38.1 Å². The van der Waals surface area contributed by atoms with Crippen LogP contribution in [0, 0.1) is 5.82 Å². The predicted octanol–water partition coefficient (Wildman–Crippen LogP) is 2.77. The average molecular weight is 327 g/mol. The lowest BCUT2D eigenvalue weighted by Gasteiger charge is -2.11. The SMILES string of the molecule is CC(C)N=c1ccccn1C(=O)C1CC(c2cccc(F)c2)=NO1. The molecule has 2 heterocycles. The van der Waals surface area contributed by atoms with Gasteiger partial charge in [0, 0.05) is 24.2 Å². The van der Waals surface area contributed by atoms with Crippen molar-refractivity contribution in [3.8, 4) is 0 Å². The van der Waals surface area contributed by atoms with Crippen molar-refractivity contribution in [1.82, 2.24) is 4.57 Å². The molecular formula is C18H18FN3O2. The molecule has 1 aromatic heterocycles. The highest BCUT2D eigenvalue weighted by molar-refractivity contribution is 6.04. The Kier molecular flexibility index (Phi) is 4.55. The monoisotopic (exact) mass is 327 g/mol. The maximum atomic E-state index is 13.3. The number of hydrogen-bond acceptors (Lipinski definition) is 4. The number of carbonyl (C=O) groups is 1. The molecule has 1 aromatic carbocycles. The van der Waals surface area contributed by atoms with Gasteiger partial charge in [0.25, 0.3) is 5.91 Å². The van der Waals surface area contributed by atoms with Crippen LogP contribution in [0.3, 0.4) is 0 Å². The van der Waals surface area contributed by atoms with Crippen LogP contribution in [-0.2, 0) is 4.84 Å². The largest absolute Gasteiger partial charge is 0.382 e. The molecule has 1 aliphatic heterocycles. The van der Waals surface area contributed by atoms with Gasteiger partial charge in [0.1, 0.15) is 11.3 Å². The normalized spacial score (nSPS) is 17.8. The number of aromatic nitrogens is 1. The van der Waals surface area contributed by atoms with E-state index < -0.39 is 6.10 Å². The van der Waals surface area contributed by atoms with Crippen LogP contribution in [0.5, 0.6) is 0 Å². The zero-order chi connectivity index (χ0) is 17.1. The van der Waals surface area contributed by atoms with Gasteiger partial charge in [0.15, 0.2) is 0 Å². The van der Waals surface area contributed by atoms with Crippen molar-refractivity contribution < 1.29 is 14.0 Å². The van der Waals surface area contributed by atoms with Crippen LogP contribution in [0.4, 0.5) is 4.39 Å². The Morgan fingerprint density at radius 2 is 2.17 bits per heavy atom. The Hall–Kier alpha value is -2.76. The second-order valence-corrected chi connectivity index (χ2v) is 5.84. The summed E-state index contributed by atoms with van der Waals surface area (Å²) in [5, 5.41) is 3.95. The zero-order valence-corrected chi connectivity index (χ0v) is 13.5. The van der Waals surface area contributed by atoms with Crippen LogP contribution in [0.25, 0.3) is 0 Å². The van der Waals surface area contributed by atoms with Gasteiger partial charge in [-0.1, -0.05) is 23.4 Å². The average Bonchev–Trinajstić information content (AvgIpc) is 3.04. The number of hydrogen-bond donors (Lipinski definition) is 0. The first-order chi connectivity index (χ1) is 11.5. The molecule has 0 radical (unpaired) electrons. The molecule has 6 heteroatoms. The number of benzene rings is 1. The van der Waals surface area contributed by atoms with Crippen molar-refractivity contribution in [2.75, 3.05) is 0 Å². The van der Waals surface area contributed by atoms with E-state index in [4.69, 9.17) is 4.84 Å². The molecule has 0 spiro atoms. The highest BCUT2D eigenvalue weighted by Crippen LogP contribution is 2.18. The van der Waals surface area contributed by atoms with Gasteiger partial charge in [0.2, 0.25) is 6.10 Å². The van der Waals surface area contributed by atoms with Crippen molar-refractivity contribution in [2.45, 2.75) is 32.4 Å². The molecule has 24 heavy (non-hydrogen) atoms. The van der Waals surface area contributed by atoms with E-state index in [9.17, 15) is 9.18 Å². The van der Waals surface area contributed by atoms with Crippen molar-refractivity contribution in [1.29, 1.82) is 0 Å². The topological polar surface area (TPSA) is 56.0 Å². The molecule has 0 saturated heterocycles. The fraction of sp³-hybridized carbons (Fsp3) is 0.278. The maximum Gasteiger partial charge on any atom is 0.276 e. The number of carbonyl (C=O) groups excluding carboxylic acids is 1. The minimum atomic E-state index is -0.739. The van der Waals surface area contributed by atoms with Gasteiger partial charge >= 0.3 is 0 Å². The fourth-order valence-corrected chi connectivity index (χ4v) is 2.49. The van der Waals surface area contributed by atoms with Gasteiger partial charge < -0.3 is 4.84 Å². The number of rotatable bonds is 3. The summed E-state index contributed by atoms with van der Waals surface area (Å²) >= 11 is 0. The Morgan fingerprint density at radius 1 is 1.33 bits per heavy atom. The summed E-state index contributed by atoms with van der Waals surface area (Å²) in [7, 11) is 0. The van der Waals surface area contributed by atoms with Gasteiger partial charge in [-0.15, -0.1) is 0 Å². The summed E-state index contributed by atoms with van der Waals surface area (Å²) < 4.78 is 14.8. The number of halogens is 1. The summed E-state index contributed by atoms with van der Waals surface area (Å²) in [4.78, 5) is 22.5. The lowest BCUT2D eigenvalue weighted by molar-refractivity contribution is 0.0465. The van der Waals surface area contributed by atoms with Gasteiger partial charge in [-0.25, -0.2) is 4.39 Å². The van der Waals surface area contributed by atoms with E-state index in [0.29, 0.717) is 23.2 Å². The van der Waals surface area contributed by atoms with Crippen LogP contribution < -0.4 is 5.49 Å². The molecular weight excluding hydrogens is 309 g/mol. The molecule has 3 rings (SSSR count). The number of pyridine rings is 1. The van der Waals surface area contributed by atoms with E-state index in [2.05, 4.69) is 10.1 Å². The van der Waals surface area contributed by atoms with Gasteiger partial charge in [-0.2, -0.15) is 0 Å². The quantitative estimate of drug-likeness (QED) is 0.870. The molecule has 0 fully saturated rings. The molecule has 0 bridgehead atoms. The van der Waals surface area contributed by atoms with Gasteiger partial charge in [-0.3, -0.25) is 14.4 Å². The van der Waals surface area contributed by atoms with E-state index in [1.54, 1.807) is 30.5 Å². The van der Waals surface area contributed by atoms with Crippen LogP contribution in [0.15, 0.2) is 58.8 Å². The molecule has 1 unspecified atom stereocenters. The lowest BCUT2D eigenvalue weighted by atomic mass is 10.0. The van der Waals surface area contributed by atoms with Crippen LogP contribution in [0.1, 0.15) is 30.6 Å². The fourth-order valence-electron chi connectivity index (χ4n) is 2.49. The first-order valence-electron chi connectivity index (χ1n) is 7.79. The lowest BCUT2D eigenvalue weighted by Crippen LogP contribution is -2.35. The van der Waals surface area contributed by atoms with E-state index in [0.717, 1.165) is 0 Å². The Labute approximate surface area is 139 Å². The Bertz CT molecular complexity index is 855. The molecule has 2 aromatic rings. The number of oxime groups is 1. The van der Waals surface area contributed by atoms with E-state index in [1.165, 1.54) is 16.7 Å². The molecule has 0 amide bonds. The highest BCUT2D eigenvalue weighted by atomic mass is 19.1. The second-order valence-electron chi connectivity index (χ2n) is 5.84. The number of nitrogens with zero attached hydrogens (tertiary/aromatic N) is 3. The standard InChI is InChI=1S/C18H18FN3O2/c1-12(2)20-17-8-3-4-9-22(17)18(23)16-11-15(21-24-16)13-6-5-7-14(19)10-13/h3-10,12,16H,11H2,1-2H3. The first kappa shape index (κ1) is 16.1. The summed E-state index contributed by atoms with van der Waals surface area (Å²) in [6.07, 6.45) is 1.22. The highest BCUT2D eigenvalue weighted by Gasteiger charge is 2.30. The molecule has 0 N–H and O–H groups in total. The van der Waals surface area contributed by atoms with Crippen molar-refractivity contribution in [2.24, 2.45) is 10.1 Å². The molecule has 1 atom stereocenters. The minimum Gasteiger partial charge on any atom is -0.382 e.